The van der Waals surface area contributed by atoms with Crippen LogP contribution in [0.1, 0.15) is 30.0 Å². The van der Waals surface area contributed by atoms with Crippen molar-refractivity contribution in [3.05, 3.63) is 71.3 Å². The molecule has 0 unspecified atom stereocenters. The van der Waals surface area contributed by atoms with Crippen molar-refractivity contribution >= 4 is 0 Å². The Balaban J connectivity index is 2.47. The van der Waals surface area contributed by atoms with E-state index in [1.165, 1.54) is 5.56 Å². The van der Waals surface area contributed by atoms with E-state index >= 15 is 0 Å². The van der Waals surface area contributed by atoms with Crippen molar-refractivity contribution < 1.29 is 0 Å². The van der Waals surface area contributed by atoms with Gasteiger partial charge in [0, 0.05) is 0 Å². The smallest absolute Gasteiger partial charge is 0.117 e. The van der Waals surface area contributed by atoms with Crippen LogP contribution in [0.3, 0.4) is 0 Å². The molecule has 0 aliphatic rings. The number of nitrogens with two attached hydrogens (primary N) is 2. The molecule has 0 spiro atoms. The van der Waals surface area contributed by atoms with E-state index in [-0.39, 0.29) is 0 Å². The highest BCUT2D eigenvalue weighted by Gasteiger charge is 2.26. The van der Waals surface area contributed by atoms with Crippen LogP contribution in [0.4, 0.5) is 0 Å². The molecule has 2 rings (SSSR count). The molecule has 0 saturated carbocycles. The Kier molecular flexibility index (Phi) is 3.80. The molecule has 0 fully saturated rings. The van der Waals surface area contributed by atoms with E-state index in [9.17, 15) is 0 Å². The molecule has 0 aliphatic heterocycles. The third-order valence-corrected chi connectivity index (χ3v) is 3.23. The predicted octanol–water partition coefficient (Wildman–Crippen LogP) is 2.76. The van der Waals surface area contributed by atoms with Gasteiger partial charge in [0.2, 0.25) is 0 Å². The van der Waals surface area contributed by atoms with Gasteiger partial charge in [-0.05, 0) is 23.1 Å². The summed E-state index contributed by atoms with van der Waals surface area (Å²) in [6, 6.07) is 18.0. The molecule has 0 radical (unpaired) electrons. The van der Waals surface area contributed by atoms with Gasteiger partial charge in [-0.3, -0.25) is 0 Å². The summed E-state index contributed by atoms with van der Waals surface area (Å²) in [5, 5.41) is 0. The van der Waals surface area contributed by atoms with Crippen molar-refractivity contribution in [2.75, 3.05) is 0 Å². The molecule has 4 N–H and O–H groups in total. The molecule has 0 aliphatic carbocycles. The lowest BCUT2D eigenvalue weighted by molar-refractivity contribution is 0.560. The Bertz CT molecular complexity index is 504. The summed E-state index contributed by atoms with van der Waals surface area (Å²) in [6.07, 6.45) is 2.08. The molecule has 0 saturated heterocycles. The number of rotatable bonds is 4. The Morgan fingerprint density at radius 1 is 0.889 bits per heavy atom. The van der Waals surface area contributed by atoms with E-state index in [1.807, 2.05) is 48.5 Å². The summed E-state index contributed by atoms with van der Waals surface area (Å²) < 4.78 is 0. The first kappa shape index (κ1) is 12.8. The highest BCUT2D eigenvalue weighted by atomic mass is 15.0. The van der Waals surface area contributed by atoms with Crippen LogP contribution < -0.4 is 11.5 Å². The normalized spacial score (nSPS) is 11.5. The molecule has 2 nitrogen and oxygen atoms in total. The van der Waals surface area contributed by atoms with Gasteiger partial charge >= 0.3 is 0 Å². The molecule has 0 heterocycles. The Hall–Kier alpha value is -1.64. The van der Waals surface area contributed by atoms with Gasteiger partial charge in [0.05, 0.1) is 0 Å². The van der Waals surface area contributed by atoms with Gasteiger partial charge in [0.1, 0.15) is 5.66 Å². The second-order valence-corrected chi connectivity index (χ2v) is 4.64. The molecule has 18 heavy (non-hydrogen) atoms. The van der Waals surface area contributed by atoms with Crippen LogP contribution in [0.5, 0.6) is 0 Å². The summed E-state index contributed by atoms with van der Waals surface area (Å²) in [7, 11) is 0. The maximum absolute atomic E-state index is 6.37. The molecule has 2 aromatic rings. The van der Waals surface area contributed by atoms with E-state index in [1.54, 1.807) is 0 Å². The molecule has 0 bridgehead atoms. The third kappa shape index (κ3) is 2.45. The average Bonchev–Trinajstić information content (AvgIpc) is 2.41. The molecule has 2 aromatic carbocycles. The van der Waals surface area contributed by atoms with Crippen molar-refractivity contribution in [1.82, 2.24) is 0 Å². The first-order valence-corrected chi connectivity index (χ1v) is 6.38. The van der Waals surface area contributed by atoms with E-state index in [0.29, 0.717) is 0 Å². The SMILES string of the molecule is CCCc1ccccc1C(N)(N)c1ccccc1. The zero-order valence-electron chi connectivity index (χ0n) is 10.8. The van der Waals surface area contributed by atoms with Crippen LogP contribution in [-0.4, -0.2) is 0 Å². The molecule has 0 amide bonds. The minimum Gasteiger partial charge on any atom is -0.306 e. The molecule has 2 heteroatoms. The Labute approximate surface area is 109 Å². The van der Waals surface area contributed by atoms with Crippen molar-refractivity contribution in [2.24, 2.45) is 11.5 Å². The second kappa shape index (κ2) is 5.34. The lowest BCUT2D eigenvalue weighted by Crippen LogP contribution is -2.47. The highest BCUT2D eigenvalue weighted by Crippen LogP contribution is 2.25. The molecular weight excluding hydrogens is 220 g/mol. The van der Waals surface area contributed by atoms with Crippen molar-refractivity contribution in [3.8, 4) is 0 Å². The summed E-state index contributed by atoms with van der Waals surface area (Å²) in [5.41, 5.74) is 15.0. The highest BCUT2D eigenvalue weighted by molar-refractivity contribution is 5.41. The maximum atomic E-state index is 6.37. The minimum absolute atomic E-state index is 0.924. The fraction of sp³-hybridized carbons (Fsp3) is 0.250. The average molecular weight is 240 g/mol. The van der Waals surface area contributed by atoms with Crippen LogP contribution in [0.15, 0.2) is 54.6 Å². The molecule has 0 atom stereocenters. The topological polar surface area (TPSA) is 52.0 Å². The van der Waals surface area contributed by atoms with Gasteiger partial charge < -0.3 is 11.5 Å². The van der Waals surface area contributed by atoms with Crippen LogP contribution in [0.25, 0.3) is 0 Å². The molecular formula is C16H20N2. The fourth-order valence-corrected chi connectivity index (χ4v) is 2.28. The Morgan fingerprint density at radius 3 is 2.17 bits per heavy atom. The van der Waals surface area contributed by atoms with Gasteiger partial charge in [-0.15, -0.1) is 0 Å². The zero-order chi connectivity index (χ0) is 13.0. The minimum atomic E-state index is -0.924. The van der Waals surface area contributed by atoms with Gasteiger partial charge in [0.15, 0.2) is 0 Å². The number of aryl methyl sites for hydroxylation is 1. The van der Waals surface area contributed by atoms with E-state index < -0.39 is 5.66 Å². The van der Waals surface area contributed by atoms with Crippen molar-refractivity contribution in [1.29, 1.82) is 0 Å². The van der Waals surface area contributed by atoms with E-state index in [0.717, 1.165) is 24.0 Å². The predicted molar refractivity (Wildman–Crippen MR) is 76.0 cm³/mol. The monoisotopic (exact) mass is 240 g/mol. The van der Waals surface area contributed by atoms with Crippen LogP contribution >= 0.6 is 0 Å². The van der Waals surface area contributed by atoms with Crippen molar-refractivity contribution in [3.63, 3.8) is 0 Å². The quantitative estimate of drug-likeness (QED) is 0.807. The first-order valence-electron chi connectivity index (χ1n) is 6.38. The molecule has 0 aromatic heterocycles. The summed E-state index contributed by atoms with van der Waals surface area (Å²) >= 11 is 0. The lowest BCUT2D eigenvalue weighted by Gasteiger charge is -2.28. The third-order valence-electron chi connectivity index (χ3n) is 3.23. The summed E-state index contributed by atoms with van der Waals surface area (Å²) in [6.45, 7) is 2.16. The fourth-order valence-electron chi connectivity index (χ4n) is 2.28. The lowest BCUT2D eigenvalue weighted by atomic mass is 9.88. The standard InChI is InChI=1S/C16H20N2/c1-2-8-13-9-6-7-12-15(13)16(17,18)14-10-4-3-5-11-14/h3-7,9-12H,2,8,17-18H2,1H3. The number of hydrogen-bond donors (Lipinski definition) is 2. The van der Waals surface area contributed by atoms with Gasteiger partial charge in [0.25, 0.3) is 0 Å². The maximum Gasteiger partial charge on any atom is 0.117 e. The largest absolute Gasteiger partial charge is 0.306 e. The zero-order valence-corrected chi connectivity index (χ0v) is 10.8. The van der Waals surface area contributed by atoms with Gasteiger partial charge in [-0.2, -0.15) is 0 Å². The molecule has 94 valence electrons. The van der Waals surface area contributed by atoms with Crippen molar-refractivity contribution in [2.45, 2.75) is 25.4 Å². The van der Waals surface area contributed by atoms with Gasteiger partial charge in [-0.1, -0.05) is 67.9 Å². The first-order chi connectivity index (χ1) is 8.66. The Morgan fingerprint density at radius 2 is 1.50 bits per heavy atom. The summed E-state index contributed by atoms with van der Waals surface area (Å²) in [4.78, 5) is 0. The van der Waals surface area contributed by atoms with Crippen LogP contribution in [0.2, 0.25) is 0 Å². The number of benzene rings is 2. The van der Waals surface area contributed by atoms with Crippen LogP contribution in [0, 0.1) is 0 Å². The van der Waals surface area contributed by atoms with E-state index in [2.05, 4.69) is 13.0 Å². The summed E-state index contributed by atoms with van der Waals surface area (Å²) in [5.74, 6) is 0. The second-order valence-electron chi connectivity index (χ2n) is 4.64. The van der Waals surface area contributed by atoms with E-state index in [4.69, 9.17) is 11.5 Å². The van der Waals surface area contributed by atoms with Gasteiger partial charge in [-0.25, -0.2) is 0 Å². The van der Waals surface area contributed by atoms with Crippen LogP contribution in [-0.2, 0) is 12.1 Å². The number of hydrogen-bond acceptors (Lipinski definition) is 2.